The Balaban J connectivity index is 1.71. The molecule has 0 saturated heterocycles. The smallest absolute Gasteiger partial charge is 0.416 e. The molecule has 0 heterocycles. The second-order valence-electron chi connectivity index (χ2n) is 7.33. The van der Waals surface area contributed by atoms with Crippen LogP contribution in [0.5, 0.6) is 11.5 Å². The Bertz CT molecular complexity index is 1280. The predicted octanol–water partition coefficient (Wildman–Crippen LogP) is 5.75. The van der Waals surface area contributed by atoms with E-state index in [1.807, 2.05) is 0 Å². The molecule has 11 heteroatoms. The summed E-state index contributed by atoms with van der Waals surface area (Å²) in [7, 11) is 0. The molecular weight excluding hydrogens is 592 g/mol. The number of carboxylic acids is 1. The molecule has 0 radical (unpaired) electrons. The lowest BCUT2D eigenvalue weighted by Gasteiger charge is -2.15. The van der Waals surface area contributed by atoms with Gasteiger partial charge in [0.25, 0.3) is 5.91 Å². The van der Waals surface area contributed by atoms with Gasteiger partial charge in [-0.2, -0.15) is 18.3 Å². The van der Waals surface area contributed by atoms with E-state index < -0.39 is 23.6 Å². The number of carbonyl (C=O) groups is 2. The number of alkyl halides is 3. The number of halogens is 4. The SMILES string of the molecule is CCOc1cc(/C=N\NC(=O)c2cccc(C(F)(F)F)c2)cc(I)c1OCc1ccc(C(=O)O)cc1. The summed E-state index contributed by atoms with van der Waals surface area (Å²) < 4.78 is 50.9. The average Bonchev–Trinajstić information content (AvgIpc) is 2.83. The van der Waals surface area contributed by atoms with E-state index in [1.54, 1.807) is 31.2 Å². The van der Waals surface area contributed by atoms with Gasteiger partial charge in [-0.05, 0) is 83.1 Å². The normalized spacial score (nSPS) is 11.4. The van der Waals surface area contributed by atoms with E-state index in [4.69, 9.17) is 14.6 Å². The molecule has 0 fully saturated rings. The summed E-state index contributed by atoms with van der Waals surface area (Å²) in [6, 6.07) is 13.7. The topological polar surface area (TPSA) is 97.2 Å². The minimum Gasteiger partial charge on any atom is -0.490 e. The van der Waals surface area contributed by atoms with Gasteiger partial charge in [0.2, 0.25) is 0 Å². The molecule has 0 aromatic heterocycles. The Morgan fingerprint density at radius 2 is 1.78 bits per heavy atom. The van der Waals surface area contributed by atoms with E-state index >= 15 is 0 Å². The van der Waals surface area contributed by atoms with Crippen molar-refractivity contribution in [2.24, 2.45) is 5.10 Å². The van der Waals surface area contributed by atoms with Crippen LogP contribution in [0.1, 0.15) is 44.3 Å². The highest BCUT2D eigenvalue weighted by Gasteiger charge is 2.30. The zero-order chi connectivity index (χ0) is 26.3. The molecule has 0 aliphatic heterocycles. The van der Waals surface area contributed by atoms with Gasteiger partial charge < -0.3 is 14.6 Å². The molecule has 1 amide bonds. The van der Waals surface area contributed by atoms with Crippen LogP contribution in [0.15, 0.2) is 65.8 Å². The molecule has 7 nitrogen and oxygen atoms in total. The number of amides is 1. The molecular formula is C25H20F3IN2O5. The minimum absolute atomic E-state index is 0.173. The lowest BCUT2D eigenvalue weighted by Crippen LogP contribution is -2.18. The maximum absolute atomic E-state index is 12.9. The quantitative estimate of drug-likeness (QED) is 0.182. The van der Waals surface area contributed by atoms with Gasteiger partial charge in [-0.1, -0.05) is 18.2 Å². The Morgan fingerprint density at radius 1 is 1.06 bits per heavy atom. The second kappa shape index (κ2) is 11.9. The van der Waals surface area contributed by atoms with E-state index in [2.05, 4.69) is 33.1 Å². The largest absolute Gasteiger partial charge is 0.490 e. The summed E-state index contributed by atoms with van der Waals surface area (Å²) in [6.45, 7) is 2.33. The molecule has 36 heavy (non-hydrogen) atoms. The number of aromatic carboxylic acids is 1. The van der Waals surface area contributed by atoms with Gasteiger partial charge in [-0.3, -0.25) is 4.79 Å². The molecule has 3 aromatic rings. The number of nitrogens with zero attached hydrogens (tertiary/aromatic N) is 1. The van der Waals surface area contributed by atoms with Crippen LogP contribution in [0.3, 0.4) is 0 Å². The van der Waals surface area contributed by atoms with Gasteiger partial charge in [0, 0.05) is 5.56 Å². The van der Waals surface area contributed by atoms with Crippen molar-refractivity contribution >= 4 is 40.7 Å². The Hall–Kier alpha value is -3.61. The average molecular weight is 612 g/mol. The highest BCUT2D eigenvalue weighted by Crippen LogP contribution is 2.34. The summed E-state index contributed by atoms with van der Waals surface area (Å²) in [5, 5.41) is 12.9. The van der Waals surface area contributed by atoms with E-state index in [0.717, 1.165) is 23.8 Å². The Kier molecular flexibility index (Phi) is 8.91. The van der Waals surface area contributed by atoms with E-state index in [1.165, 1.54) is 24.4 Å². The Morgan fingerprint density at radius 3 is 2.42 bits per heavy atom. The van der Waals surface area contributed by atoms with Crippen molar-refractivity contribution in [1.29, 1.82) is 0 Å². The van der Waals surface area contributed by atoms with Crippen LogP contribution in [0.2, 0.25) is 0 Å². The van der Waals surface area contributed by atoms with Crippen molar-refractivity contribution in [3.05, 3.63) is 92.1 Å². The maximum Gasteiger partial charge on any atom is 0.416 e. The molecule has 0 aliphatic carbocycles. The van der Waals surface area contributed by atoms with Crippen LogP contribution in [-0.2, 0) is 12.8 Å². The molecule has 0 bridgehead atoms. The van der Waals surface area contributed by atoms with Crippen molar-refractivity contribution in [2.75, 3.05) is 6.61 Å². The number of hydrogen-bond acceptors (Lipinski definition) is 5. The minimum atomic E-state index is -4.56. The monoisotopic (exact) mass is 612 g/mol. The molecule has 3 rings (SSSR count). The fourth-order valence-corrected chi connectivity index (χ4v) is 3.81. The molecule has 188 valence electrons. The van der Waals surface area contributed by atoms with Crippen molar-refractivity contribution < 1.29 is 37.3 Å². The summed E-state index contributed by atoms with van der Waals surface area (Å²) in [5.74, 6) is -0.896. The van der Waals surface area contributed by atoms with Crippen LogP contribution in [0.25, 0.3) is 0 Å². The molecule has 0 spiro atoms. The zero-order valence-electron chi connectivity index (χ0n) is 18.8. The molecule has 0 aliphatic rings. The van der Waals surface area contributed by atoms with Crippen molar-refractivity contribution in [3.8, 4) is 11.5 Å². The van der Waals surface area contributed by atoms with E-state index in [0.29, 0.717) is 27.2 Å². The van der Waals surface area contributed by atoms with E-state index in [9.17, 15) is 22.8 Å². The third-order valence-corrected chi connectivity index (χ3v) is 5.55. The number of ether oxygens (including phenoxy) is 2. The first-order chi connectivity index (χ1) is 17.1. The first-order valence-corrected chi connectivity index (χ1v) is 11.6. The molecule has 0 saturated carbocycles. The second-order valence-corrected chi connectivity index (χ2v) is 8.49. The maximum atomic E-state index is 12.9. The lowest BCUT2D eigenvalue weighted by atomic mass is 10.1. The van der Waals surface area contributed by atoms with Crippen molar-refractivity contribution in [2.45, 2.75) is 19.7 Å². The standard InChI is InChI=1S/C25H20F3IN2O5/c1-2-35-21-11-16(13-30-31-23(32)18-4-3-5-19(12-18)25(26,27)28)10-20(29)22(21)36-14-15-6-8-17(9-7-15)24(33)34/h3-13H,2,14H2,1H3,(H,31,32)(H,33,34)/b30-13-. The number of carboxylic acid groups (broad SMARTS) is 1. The van der Waals surface area contributed by atoms with Crippen molar-refractivity contribution in [1.82, 2.24) is 5.43 Å². The number of hydrazone groups is 1. The van der Waals surface area contributed by atoms with Crippen LogP contribution in [0, 0.1) is 3.57 Å². The fourth-order valence-electron chi connectivity index (χ4n) is 3.03. The number of rotatable bonds is 9. The van der Waals surface area contributed by atoms with Crippen LogP contribution >= 0.6 is 22.6 Å². The molecule has 0 unspecified atom stereocenters. The van der Waals surface area contributed by atoms with Crippen molar-refractivity contribution in [3.63, 3.8) is 0 Å². The summed E-state index contributed by atoms with van der Waals surface area (Å²) in [4.78, 5) is 23.2. The highest BCUT2D eigenvalue weighted by molar-refractivity contribution is 14.1. The van der Waals surface area contributed by atoms with Gasteiger partial charge >= 0.3 is 12.1 Å². The number of benzene rings is 3. The third kappa shape index (κ3) is 7.20. The predicted molar refractivity (Wildman–Crippen MR) is 135 cm³/mol. The van der Waals surface area contributed by atoms with E-state index in [-0.39, 0.29) is 17.7 Å². The third-order valence-electron chi connectivity index (χ3n) is 4.75. The van der Waals surface area contributed by atoms with Gasteiger partial charge in [0.1, 0.15) is 6.61 Å². The van der Waals surface area contributed by atoms with Gasteiger partial charge in [-0.15, -0.1) is 0 Å². The highest BCUT2D eigenvalue weighted by atomic mass is 127. The van der Waals surface area contributed by atoms with Crippen LogP contribution in [-0.4, -0.2) is 29.8 Å². The number of carbonyl (C=O) groups excluding carboxylic acids is 1. The first-order valence-electron chi connectivity index (χ1n) is 10.5. The summed E-state index contributed by atoms with van der Waals surface area (Å²) in [5.41, 5.74) is 2.61. The van der Waals surface area contributed by atoms with Gasteiger partial charge in [0.05, 0.1) is 27.5 Å². The Labute approximate surface area is 218 Å². The molecule has 0 atom stereocenters. The molecule has 2 N–H and O–H groups in total. The zero-order valence-corrected chi connectivity index (χ0v) is 21.0. The van der Waals surface area contributed by atoms with Crippen LogP contribution < -0.4 is 14.9 Å². The van der Waals surface area contributed by atoms with Gasteiger partial charge in [0.15, 0.2) is 11.5 Å². The van der Waals surface area contributed by atoms with Crippen LogP contribution in [0.4, 0.5) is 13.2 Å². The number of hydrogen-bond donors (Lipinski definition) is 2. The summed E-state index contributed by atoms with van der Waals surface area (Å²) in [6.07, 6.45) is -3.22. The molecule has 3 aromatic carbocycles. The number of nitrogens with one attached hydrogen (secondary N) is 1. The lowest BCUT2D eigenvalue weighted by molar-refractivity contribution is -0.137. The fraction of sp³-hybridized carbons (Fsp3) is 0.160. The van der Waals surface area contributed by atoms with Gasteiger partial charge in [-0.25, -0.2) is 10.2 Å². The summed E-state index contributed by atoms with van der Waals surface area (Å²) >= 11 is 2.06. The first kappa shape index (κ1) is 27.0.